The molecule has 0 heterocycles. The van der Waals surface area contributed by atoms with Crippen LogP contribution in [0.3, 0.4) is 0 Å². The molecule has 0 spiro atoms. The van der Waals surface area contributed by atoms with Gasteiger partial charge in [0.05, 0.1) is 0 Å². The van der Waals surface area contributed by atoms with Gasteiger partial charge in [-0.25, -0.2) is 0 Å². The van der Waals surface area contributed by atoms with E-state index < -0.39 is 0 Å². The molecule has 0 rings (SSSR count). The predicted octanol–water partition coefficient (Wildman–Crippen LogP) is 0.594. The van der Waals surface area contributed by atoms with Gasteiger partial charge >= 0.3 is 0 Å². The highest BCUT2D eigenvalue weighted by Crippen LogP contribution is 1.92. The zero-order valence-corrected chi connectivity index (χ0v) is 6.70. The summed E-state index contributed by atoms with van der Waals surface area (Å²) in [6, 6.07) is 0.653. The molecule has 0 fully saturated rings. The second kappa shape index (κ2) is 6.05. The van der Waals surface area contributed by atoms with E-state index in [4.69, 9.17) is 0 Å². The molecule has 9 heavy (non-hydrogen) atoms. The molecule has 2 N–H and O–H groups in total. The van der Waals surface area contributed by atoms with Crippen molar-refractivity contribution in [2.24, 2.45) is 0 Å². The summed E-state index contributed by atoms with van der Waals surface area (Å²) in [5, 5.41) is 6.38. The molecule has 0 amide bonds. The van der Waals surface area contributed by atoms with E-state index in [-0.39, 0.29) is 0 Å². The van der Waals surface area contributed by atoms with Crippen LogP contribution in [0.25, 0.3) is 0 Å². The lowest BCUT2D eigenvalue weighted by atomic mass is 10.2. The Labute approximate surface area is 58.0 Å². The zero-order chi connectivity index (χ0) is 7.11. The molecule has 0 saturated carbocycles. The van der Waals surface area contributed by atoms with E-state index in [0.29, 0.717) is 6.04 Å². The molecule has 0 aromatic carbocycles. The van der Waals surface area contributed by atoms with Crippen LogP contribution in [-0.2, 0) is 0 Å². The van der Waals surface area contributed by atoms with Crippen LogP contribution in [-0.4, -0.2) is 26.7 Å². The first-order valence-electron chi connectivity index (χ1n) is 3.67. The molecule has 1 atom stereocenters. The molecule has 0 aromatic rings. The maximum absolute atomic E-state index is 3.24. The van der Waals surface area contributed by atoms with Crippen LogP contribution in [0.1, 0.15) is 19.8 Å². The molecular formula is C7H18N2. The van der Waals surface area contributed by atoms with Crippen LogP contribution in [0.2, 0.25) is 0 Å². The van der Waals surface area contributed by atoms with E-state index >= 15 is 0 Å². The topological polar surface area (TPSA) is 24.1 Å². The predicted molar refractivity (Wildman–Crippen MR) is 41.7 cm³/mol. The summed E-state index contributed by atoms with van der Waals surface area (Å²) >= 11 is 0. The Kier molecular flexibility index (Phi) is 5.99. The Morgan fingerprint density at radius 2 is 2.00 bits per heavy atom. The lowest BCUT2D eigenvalue weighted by molar-refractivity contribution is 0.494. The molecular weight excluding hydrogens is 112 g/mol. The number of rotatable bonds is 5. The Hall–Kier alpha value is -0.0800. The quantitative estimate of drug-likeness (QED) is 0.569. The lowest BCUT2D eigenvalue weighted by Gasteiger charge is -2.13. The summed E-state index contributed by atoms with van der Waals surface area (Å²) in [6.45, 7) is 3.28. The summed E-state index contributed by atoms with van der Waals surface area (Å²) in [5.41, 5.74) is 0. The van der Waals surface area contributed by atoms with Gasteiger partial charge in [-0.05, 0) is 20.5 Å². The van der Waals surface area contributed by atoms with Gasteiger partial charge in [0.1, 0.15) is 0 Å². The highest BCUT2D eigenvalue weighted by atomic mass is 14.9. The number of hydrogen-bond donors (Lipinski definition) is 2. The minimum absolute atomic E-state index is 0.653. The van der Waals surface area contributed by atoms with Gasteiger partial charge in [-0.3, -0.25) is 0 Å². The smallest absolute Gasteiger partial charge is 0.0189 e. The van der Waals surface area contributed by atoms with E-state index in [0.717, 1.165) is 6.54 Å². The molecule has 0 aromatic heterocycles. The van der Waals surface area contributed by atoms with Gasteiger partial charge < -0.3 is 10.6 Å². The van der Waals surface area contributed by atoms with Crippen molar-refractivity contribution in [2.75, 3.05) is 20.6 Å². The first-order chi connectivity index (χ1) is 4.35. The van der Waals surface area contributed by atoms with Crippen LogP contribution in [0, 0.1) is 0 Å². The Morgan fingerprint density at radius 1 is 1.33 bits per heavy atom. The summed E-state index contributed by atoms with van der Waals surface area (Å²) in [5.74, 6) is 0. The van der Waals surface area contributed by atoms with Gasteiger partial charge in [0.15, 0.2) is 0 Å². The number of nitrogens with one attached hydrogen (secondary N) is 2. The van der Waals surface area contributed by atoms with Gasteiger partial charge in [0.25, 0.3) is 0 Å². The van der Waals surface area contributed by atoms with Crippen molar-refractivity contribution in [1.29, 1.82) is 0 Å². The van der Waals surface area contributed by atoms with Crippen molar-refractivity contribution < 1.29 is 0 Å². The molecule has 0 bridgehead atoms. The third kappa shape index (κ3) is 4.43. The molecule has 2 nitrogen and oxygen atoms in total. The molecule has 0 saturated heterocycles. The van der Waals surface area contributed by atoms with Crippen molar-refractivity contribution in [2.45, 2.75) is 25.8 Å². The molecule has 0 radical (unpaired) electrons. The largest absolute Gasteiger partial charge is 0.318 e. The summed E-state index contributed by atoms with van der Waals surface area (Å²) in [4.78, 5) is 0. The number of hydrogen-bond acceptors (Lipinski definition) is 2. The monoisotopic (exact) mass is 130 g/mol. The average molecular weight is 130 g/mol. The third-order valence-corrected chi connectivity index (χ3v) is 1.50. The maximum atomic E-state index is 3.24. The highest BCUT2D eigenvalue weighted by molar-refractivity contribution is 4.64. The molecule has 0 aliphatic rings. The first kappa shape index (κ1) is 8.92. The second-order valence-corrected chi connectivity index (χ2v) is 2.33. The van der Waals surface area contributed by atoms with E-state index in [9.17, 15) is 0 Å². The molecule has 0 unspecified atom stereocenters. The van der Waals surface area contributed by atoms with Crippen molar-refractivity contribution in [3.05, 3.63) is 0 Å². The van der Waals surface area contributed by atoms with Gasteiger partial charge in [-0.15, -0.1) is 0 Å². The maximum Gasteiger partial charge on any atom is 0.0189 e. The van der Waals surface area contributed by atoms with Crippen LogP contribution in [0.4, 0.5) is 0 Å². The second-order valence-electron chi connectivity index (χ2n) is 2.33. The van der Waals surface area contributed by atoms with Gasteiger partial charge in [-0.1, -0.05) is 13.3 Å². The van der Waals surface area contributed by atoms with Crippen LogP contribution in [0.5, 0.6) is 0 Å². The van der Waals surface area contributed by atoms with Crippen LogP contribution >= 0.6 is 0 Å². The van der Waals surface area contributed by atoms with Crippen molar-refractivity contribution in [3.8, 4) is 0 Å². The van der Waals surface area contributed by atoms with Crippen molar-refractivity contribution in [1.82, 2.24) is 10.6 Å². The van der Waals surface area contributed by atoms with E-state index in [1.165, 1.54) is 12.8 Å². The number of likely N-dealkylation sites (N-methyl/N-ethyl adjacent to an activating group) is 2. The Bertz CT molecular complexity index is 48.9. The van der Waals surface area contributed by atoms with Crippen molar-refractivity contribution in [3.63, 3.8) is 0 Å². The molecule has 56 valence electrons. The standard InChI is InChI=1S/C7H18N2/c1-4-5-7(9-3)6-8-2/h7-9H,4-6H2,1-3H3/t7-/m0/s1. The Balaban J connectivity index is 3.18. The summed E-state index contributed by atoms with van der Waals surface area (Å²) in [7, 11) is 4.00. The third-order valence-electron chi connectivity index (χ3n) is 1.50. The normalized spacial score (nSPS) is 13.7. The Morgan fingerprint density at radius 3 is 2.33 bits per heavy atom. The summed E-state index contributed by atoms with van der Waals surface area (Å²) < 4.78 is 0. The fourth-order valence-electron chi connectivity index (χ4n) is 0.943. The van der Waals surface area contributed by atoms with Crippen LogP contribution in [0.15, 0.2) is 0 Å². The minimum atomic E-state index is 0.653. The van der Waals surface area contributed by atoms with E-state index in [2.05, 4.69) is 17.6 Å². The lowest BCUT2D eigenvalue weighted by Crippen LogP contribution is -2.34. The van der Waals surface area contributed by atoms with Gasteiger partial charge in [-0.2, -0.15) is 0 Å². The van der Waals surface area contributed by atoms with Crippen LogP contribution < -0.4 is 10.6 Å². The minimum Gasteiger partial charge on any atom is -0.318 e. The SMILES string of the molecule is CCC[C@@H](CNC)NC. The summed E-state index contributed by atoms with van der Waals surface area (Å²) in [6.07, 6.45) is 2.52. The molecule has 0 aliphatic carbocycles. The fourth-order valence-corrected chi connectivity index (χ4v) is 0.943. The zero-order valence-electron chi connectivity index (χ0n) is 6.70. The van der Waals surface area contributed by atoms with E-state index in [1.807, 2.05) is 14.1 Å². The van der Waals surface area contributed by atoms with Gasteiger partial charge in [0.2, 0.25) is 0 Å². The fraction of sp³-hybridized carbons (Fsp3) is 1.00. The van der Waals surface area contributed by atoms with Gasteiger partial charge in [0, 0.05) is 12.6 Å². The highest BCUT2D eigenvalue weighted by Gasteiger charge is 2.00. The van der Waals surface area contributed by atoms with Crippen molar-refractivity contribution >= 4 is 0 Å². The first-order valence-corrected chi connectivity index (χ1v) is 3.67. The average Bonchev–Trinajstić information content (AvgIpc) is 1.88. The van der Waals surface area contributed by atoms with E-state index in [1.54, 1.807) is 0 Å². The molecule has 2 heteroatoms. The molecule has 0 aliphatic heterocycles.